The van der Waals surface area contributed by atoms with Crippen LogP contribution in [-0.4, -0.2) is 33.4 Å². The van der Waals surface area contributed by atoms with E-state index in [0.29, 0.717) is 22.8 Å². The van der Waals surface area contributed by atoms with E-state index in [2.05, 4.69) is 10.4 Å². The van der Waals surface area contributed by atoms with Crippen LogP contribution in [0.25, 0.3) is 0 Å². The van der Waals surface area contributed by atoms with E-state index in [4.69, 9.17) is 23.2 Å². The van der Waals surface area contributed by atoms with Crippen LogP contribution >= 0.6 is 23.2 Å². The number of nitrogens with zero attached hydrogens (tertiary/aromatic N) is 2. The summed E-state index contributed by atoms with van der Waals surface area (Å²) in [4.78, 5) is 12.1. The monoisotopic (exact) mass is 341 g/mol. The lowest BCUT2D eigenvalue weighted by molar-refractivity contribution is 0.0923. The second-order valence-corrected chi connectivity index (χ2v) is 5.82. The van der Waals surface area contributed by atoms with Gasteiger partial charge in [-0.05, 0) is 25.5 Å². The molecule has 22 heavy (non-hydrogen) atoms. The molecular weight excluding hydrogens is 325 g/mol. The molecule has 0 fully saturated rings. The second kappa shape index (κ2) is 7.13. The third-order valence-electron chi connectivity index (χ3n) is 3.13. The van der Waals surface area contributed by atoms with Crippen molar-refractivity contribution in [1.82, 2.24) is 15.1 Å². The number of aryl methyl sites for hydroxylation is 1. The summed E-state index contributed by atoms with van der Waals surface area (Å²) in [5, 5.41) is 17.0. The van der Waals surface area contributed by atoms with Crippen LogP contribution in [0.4, 0.5) is 0 Å². The highest BCUT2D eigenvalue weighted by Gasteiger charge is 2.20. The molecule has 7 heteroatoms. The summed E-state index contributed by atoms with van der Waals surface area (Å²) >= 11 is 12.4. The number of hydrogen-bond donors (Lipinski definition) is 2. The molecule has 1 aromatic carbocycles. The third kappa shape index (κ3) is 3.80. The van der Waals surface area contributed by atoms with Crippen molar-refractivity contribution in [2.45, 2.75) is 26.5 Å². The van der Waals surface area contributed by atoms with E-state index in [-0.39, 0.29) is 17.6 Å². The van der Waals surface area contributed by atoms with Crippen LogP contribution in [0.5, 0.6) is 0 Å². The molecule has 0 spiro atoms. The van der Waals surface area contributed by atoms with Crippen LogP contribution in [0, 0.1) is 6.92 Å². The fourth-order valence-corrected chi connectivity index (χ4v) is 2.55. The van der Waals surface area contributed by atoms with Gasteiger partial charge in [0.2, 0.25) is 0 Å². The standard InChI is InChI=1S/C15H17Cl2N3O2/c1-9(21)7-18-15(22)13-10(2)19-20(14(13)17)8-11-5-3-4-6-12(11)16/h3-6,9,21H,7-8H2,1-2H3,(H,18,22). The van der Waals surface area contributed by atoms with Crippen LogP contribution in [0.15, 0.2) is 24.3 Å². The van der Waals surface area contributed by atoms with Gasteiger partial charge in [0.05, 0.1) is 23.9 Å². The molecule has 0 aliphatic heterocycles. The molecule has 0 bridgehead atoms. The number of rotatable bonds is 5. The van der Waals surface area contributed by atoms with Crippen LogP contribution in [0.1, 0.15) is 28.5 Å². The molecular formula is C15H17Cl2N3O2. The SMILES string of the molecule is Cc1nn(Cc2ccccc2Cl)c(Cl)c1C(=O)NCC(C)O. The summed E-state index contributed by atoms with van der Waals surface area (Å²) in [6.45, 7) is 3.84. The highest BCUT2D eigenvalue weighted by Crippen LogP contribution is 2.23. The zero-order valence-electron chi connectivity index (χ0n) is 12.3. The molecule has 2 N–H and O–H groups in total. The highest BCUT2D eigenvalue weighted by molar-refractivity contribution is 6.33. The van der Waals surface area contributed by atoms with Crippen molar-refractivity contribution in [3.05, 3.63) is 51.3 Å². The Kier molecular flexibility index (Phi) is 5.45. The first-order valence-electron chi connectivity index (χ1n) is 6.82. The van der Waals surface area contributed by atoms with Gasteiger partial charge < -0.3 is 10.4 Å². The first-order chi connectivity index (χ1) is 10.4. The summed E-state index contributed by atoms with van der Waals surface area (Å²) < 4.78 is 1.54. The maximum atomic E-state index is 12.1. The van der Waals surface area contributed by atoms with Gasteiger partial charge in [-0.15, -0.1) is 0 Å². The second-order valence-electron chi connectivity index (χ2n) is 5.06. The van der Waals surface area contributed by atoms with Gasteiger partial charge in [-0.25, -0.2) is 4.68 Å². The van der Waals surface area contributed by atoms with Crippen molar-refractivity contribution in [3.63, 3.8) is 0 Å². The molecule has 2 aromatic rings. The molecule has 0 saturated carbocycles. The number of hydrogen-bond acceptors (Lipinski definition) is 3. The predicted molar refractivity (Wildman–Crippen MR) is 86.5 cm³/mol. The van der Waals surface area contributed by atoms with Crippen LogP contribution < -0.4 is 5.32 Å². The average Bonchev–Trinajstić information content (AvgIpc) is 2.73. The Balaban J connectivity index is 2.24. The molecule has 0 radical (unpaired) electrons. The topological polar surface area (TPSA) is 67.2 Å². The summed E-state index contributed by atoms with van der Waals surface area (Å²) in [6.07, 6.45) is -0.624. The maximum Gasteiger partial charge on any atom is 0.256 e. The van der Waals surface area contributed by atoms with E-state index in [1.807, 2.05) is 18.2 Å². The van der Waals surface area contributed by atoms with Crippen molar-refractivity contribution < 1.29 is 9.90 Å². The fourth-order valence-electron chi connectivity index (χ4n) is 2.03. The molecule has 0 aliphatic rings. The molecule has 1 atom stereocenters. The minimum atomic E-state index is -0.624. The van der Waals surface area contributed by atoms with Crippen molar-refractivity contribution in [2.75, 3.05) is 6.54 Å². The van der Waals surface area contributed by atoms with Crippen LogP contribution in [0.3, 0.4) is 0 Å². The molecule has 0 aliphatic carbocycles. The van der Waals surface area contributed by atoms with Crippen LogP contribution in [-0.2, 0) is 6.54 Å². The molecule has 1 unspecified atom stereocenters. The number of benzene rings is 1. The summed E-state index contributed by atoms with van der Waals surface area (Å²) in [7, 11) is 0. The lowest BCUT2D eigenvalue weighted by Gasteiger charge is -2.07. The van der Waals surface area contributed by atoms with Crippen molar-refractivity contribution >= 4 is 29.1 Å². The average molecular weight is 342 g/mol. The Morgan fingerprint density at radius 1 is 1.41 bits per heavy atom. The normalized spacial score (nSPS) is 12.2. The summed E-state index contributed by atoms with van der Waals surface area (Å²) in [6, 6.07) is 7.39. The number of nitrogens with one attached hydrogen (secondary N) is 1. The Labute approximate surface area is 138 Å². The molecule has 1 amide bonds. The molecule has 2 rings (SSSR count). The van der Waals surface area contributed by atoms with Crippen LogP contribution in [0.2, 0.25) is 10.2 Å². The predicted octanol–water partition coefficient (Wildman–Crippen LogP) is 2.66. The van der Waals surface area contributed by atoms with Gasteiger partial charge in [0, 0.05) is 11.6 Å². The Bertz CT molecular complexity index is 683. The minimum absolute atomic E-state index is 0.157. The van der Waals surface area contributed by atoms with Crippen molar-refractivity contribution in [1.29, 1.82) is 0 Å². The summed E-state index contributed by atoms with van der Waals surface area (Å²) in [5.41, 5.74) is 1.71. The minimum Gasteiger partial charge on any atom is -0.392 e. The van der Waals surface area contributed by atoms with Gasteiger partial charge in [0.1, 0.15) is 5.15 Å². The lowest BCUT2D eigenvalue weighted by Crippen LogP contribution is -2.30. The van der Waals surface area contributed by atoms with Gasteiger partial charge in [0.25, 0.3) is 5.91 Å². The zero-order chi connectivity index (χ0) is 16.3. The van der Waals surface area contributed by atoms with Gasteiger partial charge in [-0.1, -0.05) is 41.4 Å². The lowest BCUT2D eigenvalue weighted by atomic mass is 10.2. The van der Waals surface area contributed by atoms with Gasteiger partial charge >= 0.3 is 0 Å². The fraction of sp³-hybridized carbons (Fsp3) is 0.333. The first kappa shape index (κ1) is 16.8. The van der Waals surface area contributed by atoms with E-state index in [0.717, 1.165) is 5.56 Å². The molecule has 1 aromatic heterocycles. The smallest absolute Gasteiger partial charge is 0.256 e. The Hall–Kier alpha value is -1.56. The molecule has 0 saturated heterocycles. The third-order valence-corrected chi connectivity index (χ3v) is 3.88. The van der Waals surface area contributed by atoms with Crippen molar-refractivity contribution in [3.8, 4) is 0 Å². The van der Waals surface area contributed by atoms with Gasteiger partial charge in [-0.3, -0.25) is 4.79 Å². The Morgan fingerprint density at radius 3 is 2.73 bits per heavy atom. The number of carbonyl (C=O) groups excluding carboxylic acids is 1. The molecule has 118 valence electrons. The largest absolute Gasteiger partial charge is 0.392 e. The number of carbonyl (C=O) groups is 1. The zero-order valence-corrected chi connectivity index (χ0v) is 13.8. The molecule has 1 heterocycles. The van der Waals surface area contributed by atoms with Crippen molar-refractivity contribution in [2.24, 2.45) is 0 Å². The highest BCUT2D eigenvalue weighted by atomic mass is 35.5. The van der Waals surface area contributed by atoms with Gasteiger partial charge in [-0.2, -0.15) is 5.10 Å². The number of amides is 1. The van der Waals surface area contributed by atoms with Gasteiger partial charge in [0.15, 0.2) is 0 Å². The van der Waals surface area contributed by atoms with E-state index in [1.165, 1.54) is 4.68 Å². The maximum absolute atomic E-state index is 12.1. The quantitative estimate of drug-likeness (QED) is 0.878. The number of aliphatic hydroxyl groups is 1. The van der Waals surface area contributed by atoms with E-state index in [1.54, 1.807) is 19.9 Å². The molecule has 5 nitrogen and oxygen atoms in total. The first-order valence-corrected chi connectivity index (χ1v) is 7.58. The number of halogens is 2. The summed E-state index contributed by atoms with van der Waals surface area (Å²) in [5.74, 6) is -0.353. The Morgan fingerprint density at radius 2 is 2.09 bits per heavy atom. The number of aliphatic hydroxyl groups excluding tert-OH is 1. The van der Waals surface area contributed by atoms with E-state index >= 15 is 0 Å². The van der Waals surface area contributed by atoms with E-state index in [9.17, 15) is 9.90 Å². The number of aromatic nitrogens is 2. The van der Waals surface area contributed by atoms with E-state index < -0.39 is 6.10 Å².